The van der Waals surface area contributed by atoms with Gasteiger partial charge in [0.1, 0.15) is 0 Å². The third-order valence-electron chi connectivity index (χ3n) is 2.42. The van der Waals surface area contributed by atoms with Crippen molar-refractivity contribution in [3.05, 3.63) is 5.92 Å². The van der Waals surface area contributed by atoms with Gasteiger partial charge in [-0.3, -0.25) is 0 Å². The zero-order valence-electron chi connectivity index (χ0n) is 7.61. The molecule has 1 aliphatic rings. The Bertz CT molecular complexity index is 72.8. The maximum atomic E-state index is 2.27. The van der Waals surface area contributed by atoms with Crippen molar-refractivity contribution >= 4 is 0 Å². The fraction of sp³-hybridized carbons (Fsp3) is 0.889. The summed E-state index contributed by atoms with van der Waals surface area (Å²) in [4.78, 5) is 0. The third-order valence-corrected chi connectivity index (χ3v) is 2.42. The summed E-state index contributed by atoms with van der Waals surface area (Å²) in [6.07, 6.45) is 7.33. The summed E-state index contributed by atoms with van der Waals surface area (Å²) in [6.45, 7) is 4.55. The number of hydrogen-bond acceptors (Lipinski definition) is 0. The van der Waals surface area contributed by atoms with Gasteiger partial charge in [-0.25, -0.2) is 0 Å². The summed E-state index contributed by atoms with van der Waals surface area (Å²) in [7, 11) is 0. The molecule has 0 bridgehead atoms. The van der Waals surface area contributed by atoms with Crippen LogP contribution in [-0.4, -0.2) is 0 Å². The summed E-state index contributed by atoms with van der Waals surface area (Å²) in [5.41, 5.74) is 0. The van der Waals surface area contributed by atoms with Gasteiger partial charge in [0.25, 0.3) is 0 Å². The van der Waals surface area contributed by atoms with E-state index in [1.54, 1.807) is 5.92 Å². The molecule has 1 fully saturated rings. The maximum absolute atomic E-state index is 2.27. The summed E-state index contributed by atoms with van der Waals surface area (Å²) >= 11 is 0. The molecule has 0 heterocycles. The van der Waals surface area contributed by atoms with E-state index in [-0.39, 0.29) is 18.9 Å². The molecule has 0 radical (unpaired) electrons. The maximum Gasteiger partial charge on any atom is 1.00 e. The van der Waals surface area contributed by atoms with Gasteiger partial charge in [0.15, 0.2) is 0 Å². The SMILES string of the molecule is C[C-](C)C1CCCCC1.[Li+]. The first kappa shape index (κ1) is 10.6. The Balaban J connectivity index is 0.000000810. The molecular formula is C9H17Li. The molecule has 0 nitrogen and oxygen atoms in total. The molecule has 1 aliphatic carbocycles. The monoisotopic (exact) mass is 132 g/mol. The minimum atomic E-state index is 0. The van der Waals surface area contributed by atoms with Gasteiger partial charge in [-0.15, -0.1) is 0 Å². The van der Waals surface area contributed by atoms with Crippen LogP contribution in [0, 0.1) is 11.8 Å². The quantitative estimate of drug-likeness (QED) is 0.353. The van der Waals surface area contributed by atoms with E-state index in [4.69, 9.17) is 0 Å². The average molecular weight is 132 g/mol. The zero-order valence-corrected chi connectivity index (χ0v) is 7.61. The van der Waals surface area contributed by atoms with Crippen LogP contribution in [0.1, 0.15) is 46.0 Å². The molecular weight excluding hydrogens is 115 g/mol. The van der Waals surface area contributed by atoms with Crippen molar-refractivity contribution in [2.75, 3.05) is 0 Å². The van der Waals surface area contributed by atoms with E-state index in [0.717, 1.165) is 5.92 Å². The minimum absolute atomic E-state index is 0. The molecule has 0 saturated heterocycles. The predicted octanol–water partition coefficient (Wildman–Crippen LogP) is 0.185. The van der Waals surface area contributed by atoms with Crippen LogP contribution in [0.25, 0.3) is 0 Å². The summed E-state index contributed by atoms with van der Waals surface area (Å²) in [5.74, 6) is 2.62. The second kappa shape index (κ2) is 5.27. The molecule has 0 amide bonds. The molecule has 0 unspecified atom stereocenters. The van der Waals surface area contributed by atoms with Gasteiger partial charge in [-0.2, -0.15) is 19.8 Å². The Morgan fingerprint density at radius 3 is 1.80 bits per heavy atom. The standard InChI is InChI=1S/C9H17.Li/c1-8(2)9-6-4-3-5-7-9;/h9H,3-7H2,1-2H3;/q-1;+1. The molecule has 0 atom stereocenters. The fourth-order valence-corrected chi connectivity index (χ4v) is 1.68. The van der Waals surface area contributed by atoms with E-state index in [1.807, 2.05) is 0 Å². The van der Waals surface area contributed by atoms with E-state index in [9.17, 15) is 0 Å². The first-order chi connectivity index (χ1) is 4.30. The number of hydrogen-bond donors (Lipinski definition) is 0. The molecule has 10 heavy (non-hydrogen) atoms. The van der Waals surface area contributed by atoms with Crippen molar-refractivity contribution in [3.63, 3.8) is 0 Å². The van der Waals surface area contributed by atoms with E-state index in [0.29, 0.717) is 0 Å². The average Bonchev–Trinajstić information content (AvgIpc) is 1.90. The Labute approximate surface area is 77.0 Å². The molecule has 1 heteroatoms. The van der Waals surface area contributed by atoms with E-state index in [2.05, 4.69) is 13.8 Å². The van der Waals surface area contributed by atoms with Crippen molar-refractivity contribution in [1.29, 1.82) is 0 Å². The molecule has 0 N–H and O–H groups in total. The largest absolute Gasteiger partial charge is 1.00 e. The first-order valence-electron chi connectivity index (χ1n) is 4.11. The van der Waals surface area contributed by atoms with Crippen LogP contribution in [0.3, 0.4) is 0 Å². The van der Waals surface area contributed by atoms with Crippen LogP contribution in [0.2, 0.25) is 0 Å². The molecule has 0 aliphatic heterocycles. The molecule has 54 valence electrons. The van der Waals surface area contributed by atoms with Gasteiger partial charge >= 0.3 is 18.9 Å². The van der Waals surface area contributed by atoms with Crippen molar-refractivity contribution < 1.29 is 18.9 Å². The molecule has 0 aromatic carbocycles. The molecule has 0 aromatic heterocycles. The van der Waals surface area contributed by atoms with E-state index in [1.165, 1.54) is 32.1 Å². The van der Waals surface area contributed by atoms with Gasteiger partial charge in [0, 0.05) is 0 Å². The Hall–Kier alpha value is 0.597. The topological polar surface area (TPSA) is 0 Å². The molecule has 1 saturated carbocycles. The van der Waals surface area contributed by atoms with Gasteiger partial charge in [0.2, 0.25) is 0 Å². The van der Waals surface area contributed by atoms with Gasteiger partial charge in [0.05, 0.1) is 0 Å². The van der Waals surface area contributed by atoms with Crippen molar-refractivity contribution in [3.8, 4) is 0 Å². The van der Waals surface area contributed by atoms with Gasteiger partial charge < -0.3 is 5.92 Å². The smallest absolute Gasteiger partial charge is 0.317 e. The van der Waals surface area contributed by atoms with Crippen molar-refractivity contribution in [1.82, 2.24) is 0 Å². The first-order valence-corrected chi connectivity index (χ1v) is 4.11. The van der Waals surface area contributed by atoms with E-state index < -0.39 is 0 Å². The van der Waals surface area contributed by atoms with Crippen LogP contribution in [-0.2, 0) is 0 Å². The summed E-state index contributed by atoms with van der Waals surface area (Å²) < 4.78 is 0. The normalized spacial score (nSPS) is 20.7. The Morgan fingerprint density at radius 1 is 1.00 bits per heavy atom. The van der Waals surface area contributed by atoms with Crippen LogP contribution < -0.4 is 18.9 Å². The van der Waals surface area contributed by atoms with Crippen molar-refractivity contribution in [2.24, 2.45) is 5.92 Å². The van der Waals surface area contributed by atoms with Crippen LogP contribution in [0.4, 0.5) is 0 Å². The Morgan fingerprint density at radius 2 is 1.50 bits per heavy atom. The molecule has 0 aromatic rings. The fourth-order valence-electron chi connectivity index (χ4n) is 1.68. The number of rotatable bonds is 1. The Kier molecular flexibility index (Phi) is 5.59. The predicted molar refractivity (Wildman–Crippen MR) is 41.2 cm³/mol. The van der Waals surface area contributed by atoms with Crippen LogP contribution in [0.15, 0.2) is 0 Å². The molecule has 0 spiro atoms. The van der Waals surface area contributed by atoms with Crippen LogP contribution in [0.5, 0.6) is 0 Å². The zero-order chi connectivity index (χ0) is 6.69. The second-order valence-electron chi connectivity index (χ2n) is 3.41. The minimum Gasteiger partial charge on any atom is -0.317 e. The van der Waals surface area contributed by atoms with Gasteiger partial charge in [-0.1, -0.05) is 32.1 Å². The summed E-state index contributed by atoms with van der Waals surface area (Å²) in [6, 6.07) is 0. The third kappa shape index (κ3) is 3.13. The molecule has 1 rings (SSSR count). The van der Waals surface area contributed by atoms with Gasteiger partial charge in [-0.05, 0) is 0 Å². The van der Waals surface area contributed by atoms with E-state index >= 15 is 0 Å². The second-order valence-corrected chi connectivity index (χ2v) is 3.41. The summed E-state index contributed by atoms with van der Waals surface area (Å²) in [5, 5.41) is 0. The van der Waals surface area contributed by atoms with Crippen molar-refractivity contribution in [2.45, 2.75) is 46.0 Å². The van der Waals surface area contributed by atoms with Crippen LogP contribution >= 0.6 is 0 Å².